The van der Waals surface area contributed by atoms with E-state index >= 15 is 0 Å². The van der Waals surface area contributed by atoms with Crippen LogP contribution in [-0.4, -0.2) is 37.5 Å². The molecule has 0 amide bonds. The lowest BCUT2D eigenvalue weighted by Gasteiger charge is -2.14. The second-order valence-corrected chi connectivity index (χ2v) is 5.02. The van der Waals surface area contributed by atoms with Crippen LogP contribution < -0.4 is 10.6 Å². The Morgan fingerprint density at radius 3 is 2.64 bits per heavy atom. The Labute approximate surface area is 152 Å². The van der Waals surface area contributed by atoms with Crippen molar-refractivity contribution in [3.63, 3.8) is 0 Å². The minimum absolute atomic E-state index is 0. The number of hydrogen-bond donors (Lipinski definition) is 2. The molecular weight excluding hydrogens is 387 g/mol. The molecule has 0 aromatic heterocycles. The van der Waals surface area contributed by atoms with Gasteiger partial charge in [0.05, 0.1) is 6.54 Å². The highest BCUT2D eigenvalue weighted by Crippen LogP contribution is 2.08. The van der Waals surface area contributed by atoms with E-state index in [0.717, 1.165) is 25.6 Å². The van der Waals surface area contributed by atoms with E-state index in [1.54, 1.807) is 0 Å². The van der Waals surface area contributed by atoms with Gasteiger partial charge in [-0.1, -0.05) is 37.3 Å². The van der Waals surface area contributed by atoms with Crippen molar-refractivity contribution in [2.24, 2.45) is 4.99 Å². The summed E-state index contributed by atoms with van der Waals surface area (Å²) >= 11 is 0. The van der Waals surface area contributed by atoms with Crippen molar-refractivity contribution in [1.29, 1.82) is 0 Å². The molecule has 4 nitrogen and oxygen atoms in total. The normalized spacial score (nSPS) is 11.0. The Balaban J connectivity index is 0.00000441. The topological polar surface area (TPSA) is 39.7 Å². The molecule has 124 valence electrons. The van der Waals surface area contributed by atoms with Gasteiger partial charge >= 0.3 is 0 Å². The predicted molar refractivity (Wildman–Crippen MR) is 107 cm³/mol. The third kappa shape index (κ3) is 8.38. The van der Waals surface area contributed by atoms with Crippen LogP contribution in [0.3, 0.4) is 0 Å². The van der Waals surface area contributed by atoms with Gasteiger partial charge in [-0.25, -0.2) is 4.99 Å². The number of nitrogens with one attached hydrogen (secondary N) is 2. The minimum Gasteiger partial charge on any atom is -0.357 e. The van der Waals surface area contributed by atoms with Crippen LogP contribution >= 0.6 is 24.0 Å². The molecule has 0 radical (unpaired) electrons. The molecule has 0 spiro atoms. The van der Waals surface area contributed by atoms with Crippen LogP contribution in [0.4, 0.5) is 0 Å². The number of rotatable bonds is 8. The molecule has 0 saturated heterocycles. The summed E-state index contributed by atoms with van der Waals surface area (Å²) in [6, 6.07) is 8.62. The average Bonchev–Trinajstić information content (AvgIpc) is 2.50. The number of nitrogens with zero attached hydrogens (tertiary/aromatic N) is 2. The predicted octanol–water partition coefficient (Wildman–Crippen LogP) is 3.00. The van der Waals surface area contributed by atoms with Crippen molar-refractivity contribution < 1.29 is 0 Å². The van der Waals surface area contributed by atoms with E-state index in [-0.39, 0.29) is 24.0 Å². The Morgan fingerprint density at radius 2 is 2.00 bits per heavy atom. The molecule has 0 unspecified atom stereocenters. The molecule has 5 heteroatoms. The van der Waals surface area contributed by atoms with Crippen molar-refractivity contribution in [1.82, 2.24) is 15.5 Å². The summed E-state index contributed by atoms with van der Waals surface area (Å²) in [6.45, 7) is 12.2. The second kappa shape index (κ2) is 12.5. The fourth-order valence-corrected chi connectivity index (χ4v) is 1.93. The minimum atomic E-state index is 0. The maximum absolute atomic E-state index is 4.59. The third-order valence-corrected chi connectivity index (χ3v) is 3.16. The van der Waals surface area contributed by atoms with E-state index in [2.05, 4.69) is 72.3 Å². The molecule has 0 atom stereocenters. The van der Waals surface area contributed by atoms with Crippen LogP contribution in [0.2, 0.25) is 0 Å². The Kier molecular flexibility index (Phi) is 11.9. The van der Waals surface area contributed by atoms with Gasteiger partial charge < -0.3 is 15.5 Å². The molecule has 0 heterocycles. The van der Waals surface area contributed by atoms with E-state index in [1.807, 2.05) is 6.08 Å². The summed E-state index contributed by atoms with van der Waals surface area (Å²) in [7, 11) is 2.13. The number of benzene rings is 1. The van der Waals surface area contributed by atoms with E-state index < -0.39 is 0 Å². The van der Waals surface area contributed by atoms with Crippen LogP contribution in [-0.2, 0) is 13.1 Å². The molecule has 1 aromatic rings. The summed E-state index contributed by atoms with van der Waals surface area (Å²) in [5, 5.41) is 6.44. The van der Waals surface area contributed by atoms with Gasteiger partial charge in [0.1, 0.15) is 0 Å². The highest BCUT2D eigenvalue weighted by molar-refractivity contribution is 14.0. The van der Waals surface area contributed by atoms with E-state index in [0.29, 0.717) is 13.1 Å². The van der Waals surface area contributed by atoms with E-state index in [1.165, 1.54) is 11.1 Å². The molecule has 2 N–H and O–H groups in total. The van der Waals surface area contributed by atoms with E-state index in [4.69, 9.17) is 0 Å². The molecule has 1 rings (SSSR count). The summed E-state index contributed by atoms with van der Waals surface area (Å²) < 4.78 is 0. The van der Waals surface area contributed by atoms with Crippen molar-refractivity contribution in [2.75, 3.05) is 26.7 Å². The van der Waals surface area contributed by atoms with Gasteiger partial charge in [-0.15, -0.1) is 30.6 Å². The molecule has 0 saturated carbocycles. The quantitative estimate of drug-likeness (QED) is 0.296. The van der Waals surface area contributed by atoms with Gasteiger partial charge in [-0.3, -0.25) is 0 Å². The summed E-state index contributed by atoms with van der Waals surface area (Å²) in [4.78, 5) is 6.88. The van der Waals surface area contributed by atoms with Crippen LogP contribution in [0.1, 0.15) is 25.0 Å². The molecular formula is C17H29IN4. The first-order valence-corrected chi connectivity index (χ1v) is 7.59. The highest BCUT2D eigenvalue weighted by atomic mass is 127. The van der Waals surface area contributed by atoms with Gasteiger partial charge in [0.15, 0.2) is 5.96 Å². The number of aliphatic imine (C=N–C) groups is 1. The average molecular weight is 416 g/mol. The summed E-state index contributed by atoms with van der Waals surface area (Å²) in [5.41, 5.74) is 2.56. The highest BCUT2D eigenvalue weighted by Gasteiger charge is 2.00. The first kappa shape index (κ1) is 20.9. The lowest BCUT2D eigenvalue weighted by molar-refractivity contribution is 0.345. The van der Waals surface area contributed by atoms with Crippen molar-refractivity contribution in [3.05, 3.63) is 48.0 Å². The van der Waals surface area contributed by atoms with Gasteiger partial charge in [-0.05, 0) is 31.6 Å². The molecule has 0 aliphatic heterocycles. The lowest BCUT2D eigenvalue weighted by atomic mass is 10.1. The van der Waals surface area contributed by atoms with Crippen LogP contribution in [0.15, 0.2) is 41.9 Å². The van der Waals surface area contributed by atoms with Crippen molar-refractivity contribution in [3.8, 4) is 0 Å². The Hall–Kier alpha value is -1.08. The summed E-state index contributed by atoms with van der Waals surface area (Å²) in [6.07, 6.45) is 1.83. The molecule has 0 aliphatic rings. The maximum atomic E-state index is 4.59. The Morgan fingerprint density at radius 1 is 1.27 bits per heavy atom. The largest absolute Gasteiger partial charge is 0.357 e. The number of halogens is 1. The molecule has 22 heavy (non-hydrogen) atoms. The fraction of sp³-hybridized carbons (Fsp3) is 0.471. The van der Waals surface area contributed by atoms with Gasteiger partial charge in [0.2, 0.25) is 0 Å². The fourth-order valence-electron chi connectivity index (χ4n) is 1.93. The van der Waals surface area contributed by atoms with Crippen LogP contribution in [0.25, 0.3) is 0 Å². The standard InChI is InChI=1S/C17H28N4.HI/c1-5-11-19-17(18-6-2)20-13-15-9-8-10-16(12-15)14-21(4)7-3;/h5,8-10,12H,1,6-7,11,13-14H2,2-4H3,(H2,18,19,20);1H. The van der Waals surface area contributed by atoms with E-state index in [9.17, 15) is 0 Å². The monoisotopic (exact) mass is 416 g/mol. The van der Waals surface area contributed by atoms with Gasteiger partial charge in [0.25, 0.3) is 0 Å². The first-order chi connectivity index (χ1) is 10.2. The lowest BCUT2D eigenvalue weighted by Crippen LogP contribution is -2.37. The van der Waals surface area contributed by atoms with Crippen molar-refractivity contribution in [2.45, 2.75) is 26.9 Å². The smallest absolute Gasteiger partial charge is 0.191 e. The third-order valence-electron chi connectivity index (χ3n) is 3.16. The Bertz CT molecular complexity index is 460. The molecule has 0 bridgehead atoms. The number of hydrogen-bond acceptors (Lipinski definition) is 2. The van der Waals surface area contributed by atoms with Crippen LogP contribution in [0, 0.1) is 0 Å². The first-order valence-electron chi connectivity index (χ1n) is 7.59. The number of guanidine groups is 1. The molecule has 0 aliphatic carbocycles. The van der Waals surface area contributed by atoms with Crippen LogP contribution in [0.5, 0.6) is 0 Å². The molecule has 1 aromatic carbocycles. The second-order valence-electron chi connectivity index (χ2n) is 5.02. The van der Waals surface area contributed by atoms with Gasteiger partial charge in [-0.2, -0.15) is 0 Å². The zero-order valence-corrected chi connectivity index (χ0v) is 16.3. The summed E-state index contributed by atoms with van der Waals surface area (Å²) in [5.74, 6) is 0.827. The zero-order valence-electron chi connectivity index (χ0n) is 13.9. The zero-order chi connectivity index (χ0) is 15.5. The van der Waals surface area contributed by atoms with Gasteiger partial charge in [0, 0.05) is 19.6 Å². The SMILES string of the molecule is C=CCNC(=NCc1cccc(CN(C)CC)c1)NCC.I. The van der Waals surface area contributed by atoms with Crippen molar-refractivity contribution >= 4 is 29.9 Å². The molecule has 0 fully saturated rings. The maximum Gasteiger partial charge on any atom is 0.191 e.